The van der Waals surface area contributed by atoms with Gasteiger partial charge in [0.05, 0.1) is 20.2 Å². The van der Waals surface area contributed by atoms with Crippen molar-refractivity contribution in [1.82, 2.24) is 14.5 Å². The Hall–Kier alpha value is -4.73. The molecule has 0 spiro atoms. The average molecular weight is 667 g/mol. The lowest BCUT2D eigenvalue weighted by Gasteiger charge is -2.37. The SMILES string of the molecule is COC(=O)CN(C(=O)C(F)(F)F)c1c(OCc2ccccc2)cc2c(c1F)CN(C(=O)OC(C)(C)C)CC2OC(=S)n1ccnc1. The zero-order chi connectivity index (χ0) is 33.8. The fraction of sp³-hybridized carbons (Fsp3) is 0.367. The summed E-state index contributed by atoms with van der Waals surface area (Å²) in [4.78, 5) is 42.9. The van der Waals surface area contributed by atoms with Crippen LogP contribution in [0, 0.1) is 5.82 Å². The van der Waals surface area contributed by atoms with E-state index >= 15 is 4.39 Å². The zero-order valence-corrected chi connectivity index (χ0v) is 26.0. The van der Waals surface area contributed by atoms with Crippen molar-refractivity contribution in [2.75, 3.05) is 25.1 Å². The third-order valence-corrected chi connectivity index (χ3v) is 6.85. The molecule has 16 heteroatoms. The van der Waals surface area contributed by atoms with Crippen molar-refractivity contribution in [3.8, 4) is 5.75 Å². The molecule has 0 saturated heterocycles. The van der Waals surface area contributed by atoms with Gasteiger partial charge in [-0.05, 0) is 44.6 Å². The fourth-order valence-corrected chi connectivity index (χ4v) is 4.71. The van der Waals surface area contributed by atoms with Crippen molar-refractivity contribution in [1.29, 1.82) is 0 Å². The lowest BCUT2D eigenvalue weighted by molar-refractivity contribution is -0.171. The highest BCUT2D eigenvalue weighted by atomic mass is 32.1. The molecule has 1 aromatic heterocycles. The minimum atomic E-state index is -5.52. The van der Waals surface area contributed by atoms with Crippen molar-refractivity contribution >= 4 is 41.0 Å². The third kappa shape index (κ3) is 8.10. The predicted molar refractivity (Wildman–Crippen MR) is 158 cm³/mol. The number of halogens is 4. The van der Waals surface area contributed by atoms with E-state index in [1.165, 1.54) is 29.4 Å². The van der Waals surface area contributed by atoms with E-state index in [-0.39, 0.29) is 34.4 Å². The molecule has 4 rings (SSSR count). The minimum absolute atomic E-state index is 0.0732. The van der Waals surface area contributed by atoms with Crippen molar-refractivity contribution in [2.24, 2.45) is 0 Å². The lowest BCUT2D eigenvalue weighted by atomic mass is 9.94. The number of thiocarbonyl (C=S) groups is 1. The Morgan fingerprint density at radius 3 is 2.41 bits per heavy atom. The maximum Gasteiger partial charge on any atom is 0.471 e. The van der Waals surface area contributed by atoms with Gasteiger partial charge in [-0.25, -0.2) is 14.2 Å². The second-order valence-electron chi connectivity index (χ2n) is 11.0. The summed E-state index contributed by atoms with van der Waals surface area (Å²) in [7, 11) is 0.901. The summed E-state index contributed by atoms with van der Waals surface area (Å²) < 4.78 is 81.4. The van der Waals surface area contributed by atoms with Crippen LogP contribution in [0.1, 0.15) is 43.6 Å². The first-order valence-electron chi connectivity index (χ1n) is 13.7. The van der Waals surface area contributed by atoms with Crippen LogP contribution in [-0.2, 0) is 37.0 Å². The van der Waals surface area contributed by atoms with Gasteiger partial charge in [-0.2, -0.15) is 13.2 Å². The van der Waals surface area contributed by atoms with Crippen molar-refractivity contribution < 1.29 is 50.9 Å². The van der Waals surface area contributed by atoms with Gasteiger partial charge in [0.25, 0.3) is 5.17 Å². The van der Waals surface area contributed by atoms with E-state index in [0.29, 0.717) is 5.56 Å². The van der Waals surface area contributed by atoms with Gasteiger partial charge in [-0.3, -0.25) is 24.0 Å². The fourth-order valence-electron chi connectivity index (χ4n) is 4.49. The van der Waals surface area contributed by atoms with Crippen LogP contribution >= 0.6 is 12.2 Å². The number of amides is 2. The summed E-state index contributed by atoms with van der Waals surface area (Å²) in [5.41, 5.74) is -1.61. The molecule has 2 heterocycles. The summed E-state index contributed by atoms with van der Waals surface area (Å²) in [6.45, 7) is 2.61. The number of anilines is 1. The first kappa shape index (κ1) is 34.1. The van der Waals surface area contributed by atoms with Crippen LogP contribution in [-0.4, -0.2) is 69.6 Å². The maximum absolute atomic E-state index is 16.8. The number of esters is 1. The number of fused-ring (bicyclic) bond motifs is 1. The molecule has 2 aromatic carbocycles. The van der Waals surface area contributed by atoms with Crippen molar-refractivity contribution in [2.45, 2.75) is 51.8 Å². The van der Waals surface area contributed by atoms with E-state index in [4.69, 9.17) is 26.4 Å². The molecular formula is C30H30F4N4O7S. The number of aromatic nitrogens is 2. The minimum Gasteiger partial charge on any atom is -0.487 e. The number of imidazole rings is 1. The van der Waals surface area contributed by atoms with E-state index in [0.717, 1.165) is 12.0 Å². The monoisotopic (exact) mass is 666 g/mol. The van der Waals surface area contributed by atoms with Gasteiger partial charge < -0.3 is 18.9 Å². The smallest absolute Gasteiger partial charge is 0.471 e. The van der Waals surface area contributed by atoms with E-state index in [1.54, 1.807) is 51.1 Å². The number of hydrogen-bond acceptors (Lipinski definition) is 9. The molecule has 246 valence electrons. The molecule has 46 heavy (non-hydrogen) atoms. The molecule has 0 aliphatic carbocycles. The first-order valence-corrected chi connectivity index (χ1v) is 14.1. The van der Waals surface area contributed by atoms with Gasteiger partial charge in [0, 0.05) is 23.5 Å². The highest BCUT2D eigenvalue weighted by Gasteiger charge is 2.46. The Morgan fingerprint density at radius 2 is 1.83 bits per heavy atom. The van der Waals surface area contributed by atoms with Crippen molar-refractivity contribution in [3.05, 3.63) is 77.6 Å². The summed E-state index contributed by atoms with van der Waals surface area (Å²) in [6, 6.07) is 9.64. The Kier molecular flexibility index (Phi) is 10.2. The molecule has 1 unspecified atom stereocenters. The van der Waals surface area contributed by atoms with Crippen LogP contribution in [0.5, 0.6) is 5.75 Å². The van der Waals surface area contributed by atoms with Gasteiger partial charge in [0.1, 0.15) is 42.6 Å². The van der Waals surface area contributed by atoms with E-state index < -0.39 is 66.2 Å². The van der Waals surface area contributed by atoms with Crippen LogP contribution in [0.25, 0.3) is 0 Å². The molecule has 0 radical (unpaired) electrons. The molecule has 11 nitrogen and oxygen atoms in total. The lowest BCUT2D eigenvalue weighted by Crippen LogP contribution is -2.46. The normalized spacial score (nSPS) is 14.6. The number of rotatable bonds is 7. The summed E-state index contributed by atoms with van der Waals surface area (Å²) in [5.74, 6) is -5.67. The van der Waals surface area contributed by atoms with Crippen LogP contribution in [0.4, 0.5) is 28.0 Å². The van der Waals surface area contributed by atoms with E-state index in [1.807, 2.05) is 0 Å². The third-order valence-electron chi connectivity index (χ3n) is 6.54. The second kappa shape index (κ2) is 13.7. The number of carbonyl (C=O) groups is 3. The largest absolute Gasteiger partial charge is 0.487 e. The number of benzene rings is 2. The molecule has 0 bridgehead atoms. The average Bonchev–Trinajstić information content (AvgIpc) is 3.53. The van der Waals surface area contributed by atoms with Gasteiger partial charge in [-0.15, -0.1) is 0 Å². The quantitative estimate of drug-likeness (QED) is 0.188. The van der Waals surface area contributed by atoms with E-state index in [9.17, 15) is 27.6 Å². The van der Waals surface area contributed by atoms with Crippen LogP contribution < -0.4 is 9.64 Å². The molecule has 1 aliphatic heterocycles. The number of hydrogen-bond donors (Lipinski definition) is 0. The Morgan fingerprint density at radius 1 is 1.13 bits per heavy atom. The number of carbonyl (C=O) groups excluding carboxylic acids is 3. The Balaban J connectivity index is 1.90. The number of ether oxygens (including phenoxy) is 4. The van der Waals surface area contributed by atoms with Crippen LogP contribution in [0.2, 0.25) is 0 Å². The Bertz CT molecular complexity index is 1600. The van der Waals surface area contributed by atoms with Gasteiger partial charge in [0.2, 0.25) is 0 Å². The topological polar surface area (TPSA) is 112 Å². The summed E-state index contributed by atoms with van der Waals surface area (Å²) in [5, 5.41) is -0.129. The van der Waals surface area contributed by atoms with Gasteiger partial charge >= 0.3 is 24.1 Å². The first-order chi connectivity index (χ1) is 21.6. The molecule has 0 fully saturated rings. The molecule has 0 N–H and O–H groups in total. The standard InChI is InChI=1S/C30H30F4N4O7S/c1-29(2,3)45-27(41)37-13-20-19(22(14-37)44-28(46)36-11-10-35-17-36)12-21(43-16-18-8-6-5-7-9-18)25(24(20)31)38(15-23(39)42-4)26(40)30(32,33)34/h5-12,17,22H,13-16H2,1-4H3. The highest BCUT2D eigenvalue weighted by molar-refractivity contribution is 7.80. The number of alkyl halides is 3. The van der Waals surface area contributed by atoms with Crippen LogP contribution in [0.3, 0.4) is 0 Å². The molecule has 1 atom stereocenters. The van der Waals surface area contributed by atoms with E-state index in [2.05, 4.69) is 9.72 Å². The molecular weight excluding hydrogens is 636 g/mol. The molecule has 0 saturated carbocycles. The van der Waals surface area contributed by atoms with Crippen LogP contribution in [0.15, 0.2) is 55.1 Å². The Labute approximate surface area is 266 Å². The van der Waals surface area contributed by atoms with Gasteiger partial charge in [0.15, 0.2) is 5.82 Å². The summed E-state index contributed by atoms with van der Waals surface area (Å²) >= 11 is 5.37. The van der Waals surface area contributed by atoms with Gasteiger partial charge in [-0.1, -0.05) is 30.3 Å². The summed E-state index contributed by atoms with van der Waals surface area (Å²) in [6.07, 6.45) is -3.29. The number of methoxy groups -OCH3 is 1. The second-order valence-corrected chi connectivity index (χ2v) is 11.4. The maximum atomic E-state index is 16.8. The molecule has 3 aromatic rings. The molecule has 1 aliphatic rings. The predicted octanol–water partition coefficient (Wildman–Crippen LogP) is 5.31. The zero-order valence-electron chi connectivity index (χ0n) is 25.2. The molecule has 2 amide bonds. The van der Waals surface area contributed by atoms with Crippen molar-refractivity contribution in [3.63, 3.8) is 0 Å². The number of nitrogens with zero attached hydrogens (tertiary/aromatic N) is 4. The highest BCUT2D eigenvalue weighted by Crippen LogP contribution is 2.43.